The Morgan fingerprint density at radius 3 is 2.48 bits per heavy atom. The van der Waals surface area contributed by atoms with Crippen molar-refractivity contribution >= 4 is 17.8 Å². The molecule has 0 aromatic carbocycles. The van der Waals surface area contributed by atoms with Gasteiger partial charge < -0.3 is 24.7 Å². The zero-order valence-electron chi connectivity index (χ0n) is 20.0. The predicted octanol–water partition coefficient (Wildman–Crippen LogP) is 2.20. The summed E-state index contributed by atoms with van der Waals surface area (Å²) < 4.78 is 6.47. The van der Waals surface area contributed by atoms with E-state index in [9.17, 15) is 24.6 Å². The molecule has 8 nitrogen and oxygen atoms in total. The molecule has 6 atom stereocenters. The lowest BCUT2D eigenvalue weighted by Gasteiger charge is -2.43. The molecule has 2 N–H and O–H groups in total. The summed E-state index contributed by atoms with van der Waals surface area (Å²) in [6, 6.07) is -1.47. The van der Waals surface area contributed by atoms with E-state index >= 15 is 0 Å². The standard InChI is InChI=1S/C25H38N2O6/c1-5-13-26(16-9-7-6-8-10-16)22(30)20-25-12-11-24(4,33-25)19(23(31)32)18(25)21(29)27(20)17(14-28)15(2)3/h5,15-20,28H,1,6-14H2,2-4H3,(H,31,32)/t17-,18-,19+,20?,24-,25?/m0/s1. The number of nitrogens with zero attached hydrogens (tertiary/aromatic N) is 2. The van der Waals surface area contributed by atoms with Crippen LogP contribution in [0, 0.1) is 17.8 Å². The maximum atomic E-state index is 14.3. The first-order valence-corrected chi connectivity index (χ1v) is 12.4. The highest BCUT2D eigenvalue weighted by Crippen LogP contribution is 2.63. The number of carboxylic acid groups (broad SMARTS) is 1. The number of carboxylic acids is 1. The van der Waals surface area contributed by atoms with Crippen molar-refractivity contribution in [1.82, 2.24) is 9.80 Å². The second-order valence-corrected chi connectivity index (χ2v) is 10.9. The predicted molar refractivity (Wildman–Crippen MR) is 121 cm³/mol. The molecule has 4 aliphatic rings. The van der Waals surface area contributed by atoms with Crippen LogP contribution in [-0.2, 0) is 19.1 Å². The first-order valence-electron chi connectivity index (χ1n) is 12.4. The van der Waals surface area contributed by atoms with Crippen LogP contribution in [0.4, 0.5) is 0 Å². The highest BCUT2D eigenvalue weighted by atomic mass is 16.5. The molecule has 3 aliphatic heterocycles. The molecule has 0 aromatic heterocycles. The van der Waals surface area contributed by atoms with E-state index in [2.05, 4.69) is 6.58 Å². The average molecular weight is 463 g/mol. The van der Waals surface area contributed by atoms with Crippen LogP contribution in [0.5, 0.6) is 0 Å². The quantitative estimate of drug-likeness (QED) is 0.536. The molecule has 33 heavy (non-hydrogen) atoms. The molecule has 8 heteroatoms. The van der Waals surface area contributed by atoms with Crippen LogP contribution in [0.3, 0.4) is 0 Å². The molecule has 1 aliphatic carbocycles. The van der Waals surface area contributed by atoms with Gasteiger partial charge in [-0.2, -0.15) is 0 Å². The number of hydrogen-bond acceptors (Lipinski definition) is 5. The van der Waals surface area contributed by atoms with Gasteiger partial charge >= 0.3 is 5.97 Å². The molecule has 3 heterocycles. The minimum atomic E-state index is -1.18. The summed E-state index contributed by atoms with van der Waals surface area (Å²) in [5.74, 6) is -3.68. The third kappa shape index (κ3) is 3.52. The van der Waals surface area contributed by atoms with Gasteiger partial charge in [-0.25, -0.2) is 0 Å². The van der Waals surface area contributed by atoms with Crippen LogP contribution in [0.2, 0.25) is 0 Å². The average Bonchev–Trinajstić information content (AvgIpc) is 3.34. The SMILES string of the molecule is C=CCN(C(=O)C1N([C@@H](CO)C(C)C)C(=O)[C@@H]2[C@H](C(=O)O)[C@]3(C)CCC12O3)C1CCCCC1. The lowest BCUT2D eigenvalue weighted by molar-refractivity contribution is -0.160. The van der Waals surface area contributed by atoms with E-state index in [1.165, 1.54) is 4.90 Å². The summed E-state index contributed by atoms with van der Waals surface area (Å²) in [6.45, 7) is 9.49. The number of aliphatic hydroxyl groups is 1. The topological polar surface area (TPSA) is 107 Å². The number of likely N-dealkylation sites (tertiary alicyclic amines) is 1. The normalized spacial score (nSPS) is 36.8. The Labute approximate surface area is 195 Å². The Hall–Kier alpha value is -1.93. The van der Waals surface area contributed by atoms with Crippen molar-refractivity contribution in [2.45, 2.75) is 95.0 Å². The van der Waals surface area contributed by atoms with Crippen LogP contribution < -0.4 is 0 Å². The summed E-state index contributed by atoms with van der Waals surface area (Å²) in [5.41, 5.74) is -2.15. The molecule has 1 spiro atoms. The lowest BCUT2D eigenvalue weighted by atomic mass is 9.66. The molecule has 2 bridgehead atoms. The maximum absolute atomic E-state index is 14.3. The smallest absolute Gasteiger partial charge is 0.310 e. The molecule has 1 saturated carbocycles. The summed E-state index contributed by atoms with van der Waals surface area (Å²) in [7, 11) is 0. The number of rotatable bonds is 8. The van der Waals surface area contributed by atoms with Crippen LogP contribution in [0.25, 0.3) is 0 Å². The second kappa shape index (κ2) is 8.69. The van der Waals surface area contributed by atoms with Crippen LogP contribution in [-0.4, -0.2) is 80.3 Å². The minimum absolute atomic E-state index is 0.0627. The third-order valence-electron chi connectivity index (χ3n) is 8.65. The van der Waals surface area contributed by atoms with Crippen molar-refractivity contribution in [2.75, 3.05) is 13.2 Å². The Morgan fingerprint density at radius 2 is 1.94 bits per heavy atom. The van der Waals surface area contributed by atoms with Crippen LogP contribution >= 0.6 is 0 Å². The maximum Gasteiger partial charge on any atom is 0.310 e. The lowest BCUT2D eigenvalue weighted by Crippen LogP contribution is -2.61. The number of aliphatic hydroxyl groups excluding tert-OH is 1. The molecular weight excluding hydrogens is 424 g/mol. The number of ether oxygens (including phenoxy) is 1. The summed E-state index contributed by atoms with van der Waals surface area (Å²) >= 11 is 0. The largest absolute Gasteiger partial charge is 0.481 e. The van der Waals surface area contributed by atoms with Gasteiger partial charge in [-0.05, 0) is 38.5 Å². The van der Waals surface area contributed by atoms with E-state index in [0.717, 1.165) is 32.1 Å². The first kappa shape index (κ1) is 24.2. The van der Waals surface area contributed by atoms with Crippen molar-refractivity contribution in [3.05, 3.63) is 12.7 Å². The highest BCUT2D eigenvalue weighted by molar-refractivity contribution is 5.98. The number of fused-ring (bicyclic) bond motifs is 1. The summed E-state index contributed by atoms with van der Waals surface area (Å²) in [5, 5.41) is 20.3. The van der Waals surface area contributed by atoms with Crippen molar-refractivity contribution < 1.29 is 29.3 Å². The van der Waals surface area contributed by atoms with Gasteiger partial charge in [0.05, 0.1) is 30.1 Å². The van der Waals surface area contributed by atoms with Gasteiger partial charge in [0.15, 0.2) is 0 Å². The molecule has 4 rings (SSSR count). The monoisotopic (exact) mass is 462 g/mol. The van der Waals surface area contributed by atoms with Crippen LogP contribution in [0.15, 0.2) is 12.7 Å². The van der Waals surface area contributed by atoms with E-state index in [1.54, 1.807) is 13.0 Å². The fourth-order valence-corrected chi connectivity index (χ4v) is 7.10. The highest BCUT2D eigenvalue weighted by Gasteiger charge is 2.79. The fraction of sp³-hybridized carbons (Fsp3) is 0.800. The number of amides is 2. The molecule has 2 unspecified atom stereocenters. The molecule has 184 valence electrons. The molecule has 0 radical (unpaired) electrons. The molecule has 0 aromatic rings. The third-order valence-corrected chi connectivity index (χ3v) is 8.65. The van der Waals surface area contributed by atoms with Gasteiger partial charge in [0.2, 0.25) is 11.8 Å². The summed E-state index contributed by atoms with van der Waals surface area (Å²) in [6.07, 6.45) is 7.71. The van der Waals surface area contributed by atoms with Crippen molar-refractivity contribution in [3.8, 4) is 0 Å². The second-order valence-electron chi connectivity index (χ2n) is 10.9. The Kier molecular flexibility index (Phi) is 6.37. The van der Waals surface area contributed by atoms with Crippen molar-refractivity contribution in [1.29, 1.82) is 0 Å². The van der Waals surface area contributed by atoms with E-state index in [1.807, 2.05) is 18.7 Å². The Balaban J connectivity index is 1.81. The number of carbonyl (C=O) groups is 3. The zero-order chi connectivity index (χ0) is 24.1. The zero-order valence-corrected chi connectivity index (χ0v) is 20.0. The number of carbonyl (C=O) groups excluding carboxylic acids is 2. The Morgan fingerprint density at radius 1 is 1.27 bits per heavy atom. The van der Waals surface area contributed by atoms with Crippen molar-refractivity contribution in [2.24, 2.45) is 17.8 Å². The van der Waals surface area contributed by atoms with Gasteiger partial charge in [-0.3, -0.25) is 14.4 Å². The van der Waals surface area contributed by atoms with E-state index in [4.69, 9.17) is 4.74 Å². The van der Waals surface area contributed by atoms with Crippen molar-refractivity contribution in [3.63, 3.8) is 0 Å². The van der Waals surface area contributed by atoms with Gasteiger partial charge in [0, 0.05) is 12.6 Å². The summed E-state index contributed by atoms with van der Waals surface area (Å²) in [4.78, 5) is 43.8. The number of aliphatic carboxylic acids is 1. The van der Waals surface area contributed by atoms with E-state index in [-0.39, 0.29) is 30.4 Å². The van der Waals surface area contributed by atoms with Gasteiger partial charge in [-0.15, -0.1) is 6.58 Å². The van der Waals surface area contributed by atoms with Gasteiger partial charge in [0.25, 0.3) is 0 Å². The first-order chi connectivity index (χ1) is 15.6. The molecular formula is C25H38N2O6. The van der Waals surface area contributed by atoms with Gasteiger partial charge in [-0.1, -0.05) is 39.2 Å². The van der Waals surface area contributed by atoms with Gasteiger partial charge in [0.1, 0.15) is 11.6 Å². The van der Waals surface area contributed by atoms with E-state index < -0.39 is 41.1 Å². The van der Waals surface area contributed by atoms with Crippen LogP contribution in [0.1, 0.15) is 65.7 Å². The molecule has 3 saturated heterocycles. The number of hydrogen-bond donors (Lipinski definition) is 2. The molecule has 2 amide bonds. The van der Waals surface area contributed by atoms with E-state index in [0.29, 0.717) is 19.4 Å². The Bertz CT molecular complexity index is 824. The fourth-order valence-electron chi connectivity index (χ4n) is 7.10. The molecule has 4 fully saturated rings. The minimum Gasteiger partial charge on any atom is -0.481 e.